The summed E-state index contributed by atoms with van der Waals surface area (Å²) in [5, 5.41) is 4.09. The summed E-state index contributed by atoms with van der Waals surface area (Å²) >= 11 is 0. The molecule has 0 bridgehead atoms. The fraction of sp³-hybridized carbons (Fsp3) is 0.231. The van der Waals surface area contributed by atoms with Crippen LogP contribution in [0.4, 0.5) is 5.69 Å². The highest BCUT2D eigenvalue weighted by Gasteiger charge is 2.09. The molecule has 2 rings (SSSR count). The van der Waals surface area contributed by atoms with Crippen molar-refractivity contribution < 1.29 is 4.79 Å². The van der Waals surface area contributed by atoms with E-state index in [1.807, 2.05) is 31.2 Å². The quantitative estimate of drug-likeness (QED) is 0.643. The summed E-state index contributed by atoms with van der Waals surface area (Å²) in [4.78, 5) is 12.0. The number of aryl methyl sites for hydroxylation is 1. The lowest BCUT2D eigenvalue weighted by atomic mass is 10.1. The number of carbonyl (C=O) groups excluding carboxylic acids is 1. The number of nitrogen functional groups attached to an aromatic ring is 1. The Hall–Kier alpha value is -2.10. The summed E-state index contributed by atoms with van der Waals surface area (Å²) in [6, 6.07) is 7.39. The average Bonchev–Trinajstić information content (AvgIpc) is 2.77. The summed E-state index contributed by atoms with van der Waals surface area (Å²) in [5.41, 5.74) is 7.93. The highest BCUT2D eigenvalue weighted by atomic mass is 16.1. The van der Waals surface area contributed by atoms with Gasteiger partial charge in [-0.25, -0.2) is 0 Å². The van der Waals surface area contributed by atoms with Gasteiger partial charge in [-0.1, -0.05) is 12.1 Å². The van der Waals surface area contributed by atoms with Gasteiger partial charge in [-0.3, -0.25) is 9.48 Å². The maximum absolute atomic E-state index is 12.0. The van der Waals surface area contributed by atoms with Crippen molar-refractivity contribution >= 4 is 11.5 Å². The maximum atomic E-state index is 12.0. The molecule has 88 valence electrons. The SMILES string of the molecule is CCn1cc(C(=O)Cc2cccc(N)c2)cn1. The Labute approximate surface area is 100 Å². The van der Waals surface area contributed by atoms with Gasteiger partial charge in [0.05, 0.1) is 11.8 Å². The van der Waals surface area contributed by atoms with Crippen molar-refractivity contribution in [2.75, 3.05) is 5.73 Å². The number of benzene rings is 1. The molecule has 0 unspecified atom stereocenters. The van der Waals surface area contributed by atoms with E-state index in [2.05, 4.69) is 5.10 Å². The minimum atomic E-state index is 0.0651. The van der Waals surface area contributed by atoms with Gasteiger partial charge in [-0.15, -0.1) is 0 Å². The van der Waals surface area contributed by atoms with Gasteiger partial charge in [0.25, 0.3) is 0 Å². The van der Waals surface area contributed by atoms with Crippen LogP contribution in [0.25, 0.3) is 0 Å². The molecule has 0 radical (unpaired) electrons. The molecule has 0 saturated heterocycles. The van der Waals surface area contributed by atoms with Crippen LogP contribution >= 0.6 is 0 Å². The Balaban J connectivity index is 2.11. The fourth-order valence-corrected chi connectivity index (χ4v) is 1.67. The second-order valence-electron chi connectivity index (χ2n) is 3.93. The number of carbonyl (C=O) groups is 1. The predicted octanol–water partition coefficient (Wildman–Crippen LogP) is 1.91. The topological polar surface area (TPSA) is 60.9 Å². The van der Waals surface area contributed by atoms with E-state index in [1.165, 1.54) is 0 Å². The molecule has 4 heteroatoms. The fourth-order valence-electron chi connectivity index (χ4n) is 1.67. The Kier molecular flexibility index (Phi) is 3.23. The summed E-state index contributed by atoms with van der Waals surface area (Å²) < 4.78 is 1.74. The third-order valence-electron chi connectivity index (χ3n) is 2.59. The zero-order chi connectivity index (χ0) is 12.3. The third kappa shape index (κ3) is 2.72. The number of Topliss-reactive ketones (excluding diaryl/α,β-unsaturated/α-hetero) is 1. The van der Waals surface area contributed by atoms with Gasteiger partial charge in [0.2, 0.25) is 0 Å². The lowest BCUT2D eigenvalue weighted by Gasteiger charge is -2.00. The molecule has 0 spiro atoms. The van der Waals surface area contributed by atoms with Crippen molar-refractivity contribution in [2.24, 2.45) is 0 Å². The molecule has 17 heavy (non-hydrogen) atoms. The molecular weight excluding hydrogens is 214 g/mol. The molecule has 1 aromatic heterocycles. The van der Waals surface area contributed by atoms with Crippen molar-refractivity contribution in [3.63, 3.8) is 0 Å². The van der Waals surface area contributed by atoms with Crippen LogP contribution in [0.5, 0.6) is 0 Å². The lowest BCUT2D eigenvalue weighted by Crippen LogP contribution is -2.03. The third-order valence-corrected chi connectivity index (χ3v) is 2.59. The number of ketones is 1. The first kappa shape index (κ1) is 11.4. The molecule has 0 amide bonds. The van der Waals surface area contributed by atoms with Gasteiger partial charge in [0, 0.05) is 24.8 Å². The summed E-state index contributed by atoms with van der Waals surface area (Å²) in [7, 11) is 0. The van der Waals surface area contributed by atoms with E-state index in [0.29, 0.717) is 17.7 Å². The summed E-state index contributed by atoms with van der Waals surface area (Å²) in [6.45, 7) is 2.75. The van der Waals surface area contributed by atoms with E-state index in [0.717, 1.165) is 12.1 Å². The second-order valence-corrected chi connectivity index (χ2v) is 3.93. The number of rotatable bonds is 4. The van der Waals surface area contributed by atoms with E-state index in [1.54, 1.807) is 17.1 Å². The van der Waals surface area contributed by atoms with Gasteiger partial charge in [0.1, 0.15) is 0 Å². The summed E-state index contributed by atoms with van der Waals surface area (Å²) in [6.07, 6.45) is 3.74. The highest BCUT2D eigenvalue weighted by Crippen LogP contribution is 2.10. The standard InChI is InChI=1S/C13H15N3O/c1-2-16-9-11(8-15-16)13(17)7-10-4-3-5-12(14)6-10/h3-6,8-9H,2,7,14H2,1H3. The van der Waals surface area contributed by atoms with Crippen molar-refractivity contribution in [1.82, 2.24) is 9.78 Å². The van der Waals surface area contributed by atoms with Crippen LogP contribution in [0.2, 0.25) is 0 Å². The number of nitrogens with zero attached hydrogens (tertiary/aromatic N) is 2. The first-order valence-electron chi connectivity index (χ1n) is 5.59. The molecule has 2 N–H and O–H groups in total. The molecule has 1 heterocycles. The van der Waals surface area contributed by atoms with E-state index in [9.17, 15) is 4.79 Å². The molecular formula is C13H15N3O. The largest absolute Gasteiger partial charge is 0.399 e. The Morgan fingerprint density at radius 1 is 1.47 bits per heavy atom. The van der Waals surface area contributed by atoms with Gasteiger partial charge in [-0.05, 0) is 24.6 Å². The van der Waals surface area contributed by atoms with Gasteiger partial charge >= 0.3 is 0 Å². The van der Waals surface area contributed by atoms with E-state index in [-0.39, 0.29) is 5.78 Å². The minimum absolute atomic E-state index is 0.0651. The molecule has 0 aliphatic heterocycles. The van der Waals surface area contributed by atoms with Crippen molar-refractivity contribution in [1.29, 1.82) is 0 Å². The minimum Gasteiger partial charge on any atom is -0.399 e. The van der Waals surface area contributed by atoms with Gasteiger partial charge in [-0.2, -0.15) is 5.10 Å². The monoisotopic (exact) mass is 229 g/mol. The first-order valence-corrected chi connectivity index (χ1v) is 5.59. The van der Waals surface area contributed by atoms with Crippen LogP contribution < -0.4 is 5.73 Å². The van der Waals surface area contributed by atoms with Gasteiger partial charge in [0.15, 0.2) is 5.78 Å². The summed E-state index contributed by atoms with van der Waals surface area (Å²) in [5.74, 6) is 0.0651. The molecule has 0 atom stereocenters. The first-order chi connectivity index (χ1) is 8.19. The maximum Gasteiger partial charge on any atom is 0.170 e. The molecule has 0 fully saturated rings. The average molecular weight is 229 g/mol. The number of hydrogen-bond donors (Lipinski definition) is 1. The Morgan fingerprint density at radius 2 is 2.29 bits per heavy atom. The number of aromatic nitrogens is 2. The lowest BCUT2D eigenvalue weighted by molar-refractivity contribution is 0.0993. The highest BCUT2D eigenvalue weighted by molar-refractivity contribution is 5.97. The van der Waals surface area contributed by atoms with Gasteiger partial charge < -0.3 is 5.73 Å². The smallest absolute Gasteiger partial charge is 0.170 e. The zero-order valence-electron chi connectivity index (χ0n) is 9.76. The van der Waals surface area contributed by atoms with Crippen LogP contribution in [-0.2, 0) is 13.0 Å². The zero-order valence-corrected chi connectivity index (χ0v) is 9.76. The predicted molar refractivity (Wildman–Crippen MR) is 66.8 cm³/mol. The van der Waals surface area contributed by atoms with Crippen molar-refractivity contribution in [2.45, 2.75) is 19.9 Å². The molecule has 1 aromatic carbocycles. The van der Waals surface area contributed by atoms with Crippen LogP contribution in [0.15, 0.2) is 36.7 Å². The number of nitrogens with two attached hydrogens (primary N) is 1. The van der Waals surface area contributed by atoms with E-state index >= 15 is 0 Å². The molecule has 0 aliphatic carbocycles. The van der Waals surface area contributed by atoms with Crippen molar-refractivity contribution in [3.8, 4) is 0 Å². The van der Waals surface area contributed by atoms with Crippen LogP contribution in [-0.4, -0.2) is 15.6 Å². The molecule has 0 aliphatic rings. The van der Waals surface area contributed by atoms with Crippen LogP contribution in [0.3, 0.4) is 0 Å². The second kappa shape index (κ2) is 4.82. The van der Waals surface area contributed by atoms with Crippen LogP contribution in [0, 0.1) is 0 Å². The Morgan fingerprint density at radius 3 is 2.94 bits per heavy atom. The Bertz CT molecular complexity index is 531. The number of hydrogen-bond acceptors (Lipinski definition) is 3. The van der Waals surface area contributed by atoms with E-state index in [4.69, 9.17) is 5.73 Å². The normalized spacial score (nSPS) is 10.4. The van der Waals surface area contributed by atoms with Crippen LogP contribution in [0.1, 0.15) is 22.8 Å². The number of anilines is 1. The van der Waals surface area contributed by atoms with Crippen molar-refractivity contribution in [3.05, 3.63) is 47.8 Å². The molecule has 4 nitrogen and oxygen atoms in total. The molecule has 2 aromatic rings. The molecule has 0 saturated carbocycles. The van der Waals surface area contributed by atoms with E-state index < -0.39 is 0 Å².